The first kappa shape index (κ1) is 19.3. The number of benzene rings is 3. The van der Waals surface area contributed by atoms with Gasteiger partial charge in [-0.3, -0.25) is 0 Å². The van der Waals surface area contributed by atoms with Gasteiger partial charge in [0.2, 0.25) is 0 Å². The molecule has 4 rings (SSSR count). The number of nitrogens with zero attached hydrogens (tertiary/aromatic N) is 2. The van der Waals surface area contributed by atoms with Crippen molar-refractivity contribution in [3.63, 3.8) is 0 Å². The van der Waals surface area contributed by atoms with Gasteiger partial charge in [0.15, 0.2) is 0 Å². The van der Waals surface area contributed by atoms with Crippen LogP contribution in [-0.4, -0.2) is 16.3 Å². The van der Waals surface area contributed by atoms with Crippen molar-refractivity contribution in [3.8, 4) is 22.5 Å². The molecule has 0 aliphatic rings. The molecule has 2 N–H and O–H groups in total. The van der Waals surface area contributed by atoms with Crippen molar-refractivity contribution in [2.75, 3.05) is 10.6 Å². The number of aryl methyl sites for hydroxylation is 1. The molecule has 3 aromatic carbocycles. The van der Waals surface area contributed by atoms with Crippen LogP contribution in [0.25, 0.3) is 22.5 Å². The minimum absolute atomic E-state index is 0.123. The maximum Gasteiger partial charge on any atom is 0.323 e. The van der Waals surface area contributed by atoms with Crippen LogP contribution in [0.15, 0.2) is 71.4 Å². The molecule has 2 amide bonds. The van der Waals surface area contributed by atoms with Gasteiger partial charge in [0.25, 0.3) is 0 Å². The summed E-state index contributed by atoms with van der Waals surface area (Å²) >= 11 is 0. The van der Waals surface area contributed by atoms with Crippen molar-refractivity contribution in [2.45, 2.75) is 6.92 Å². The Morgan fingerprint density at radius 2 is 1.43 bits per heavy atom. The molecule has 0 saturated heterocycles. The molecule has 8 heteroatoms. The summed E-state index contributed by atoms with van der Waals surface area (Å²) in [6.45, 7) is 2.00. The summed E-state index contributed by atoms with van der Waals surface area (Å²) < 4.78 is 31.5. The van der Waals surface area contributed by atoms with Crippen LogP contribution < -0.4 is 10.6 Å². The van der Waals surface area contributed by atoms with E-state index in [-0.39, 0.29) is 5.69 Å². The summed E-state index contributed by atoms with van der Waals surface area (Å²) in [5.74, 6) is -1.58. The van der Waals surface area contributed by atoms with E-state index < -0.39 is 17.7 Å². The van der Waals surface area contributed by atoms with Crippen LogP contribution in [0.2, 0.25) is 0 Å². The smallest absolute Gasteiger partial charge is 0.308 e. The van der Waals surface area contributed by atoms with Crippen molar-refractivity contribution < 1.29 is 18.2 Å². The van der Waals surface area contributed by atoms with Crippen molar-refractivity contribution in [2.24, 2.45) is 0 Å². The van der Waals surface area contributed by atoms with Crippen LogP contribution in [0, 0.1) is 18.6 Å². The fraction of sp³-hybridized carbons (Fsp3) is 0.0455. The lowest BCUT2D eigenvalue weighted by molar-refractivity contribution is 0.262. The number of rotatable bonds is 4. The highest BCUT2D eigenvalue weighted by molar-refractivity contribution is 6.00. The predicted octanol–water partition coefficient (Wildman–Crippen LogP) is 5.63. The first-order valence-corrected chi connectivity index (χ1v) is 9.03. The fourth-order valence-corrected chi connectivity index (χ4v) is 2.87. The van der Waals surface area contributed by atoms with Gasteiger partial charge < -0.3 is 10.6 Å². The minimum atomic E-state index is -0.859. The van der Waals surface area contributed by atoms with Crippen LogP contribution in [0.3, 0.4) is 0 Å². The molecule has 0 aliphatic heterocycles. The summed E-state index contributed by atoms with van der Waals surface area (Å²) in [4.78, 5) is 12.1. The molecule has 1 heterocycles. The Morgan fingerprint density at radius 3 is 2.03 bits per heavy atom. The first-order valence-electron chi connectivity index (χ1n) is 9.03. The lowest BCUT2D eigenvalue weighted by Gasteiger charge is -2.09. The van der Waals surface area contributed by atoms with Gasteiger partial charge >= 0.3 is 6.03 Å². The van der Waals surface area contributed by atoms with E-state index in [2.05, 4.69) is 20.9 Å². The molecule has 0 spiro atoms. The lowest BCUT2D eigenvalue weighted by Crippen LogP contribution is -2.20. The highest BCUT2D eigenvalue weighted by Gasteiger charge is 2.15. The zero-order chi connectivity index (χ0) is 21.1. The molecule has 0 bridgehead atoms. The van der Waals surface area contributed by atoms with Gasteiger partial charge in [-0.05, 0) is 41.5 Å². The number of nitrogens with one attached hydrogen (secondary N) is 2. The van der Waals surface area contributed by atoms with Crippen molar-refractivity contribution in [1.82, 2.24) is 10.3 Å². The van der Waals surface area contributed by atoms with E-state index >= 15 is 0 Å². The maximum atomic E-state index is 13.7. The zero-order valence-electron chi connectivity index (χ0n) is 15.8. The number of hydrogen-bond acceptors (Lipinski definition) is 4. The standard InChI is InChI=1S/C22H16F2N4O2/c1-13-2-4-14(5-3-13)20-21(28-30-27-20)15-6-9-17(10-7-15)25-22(29)26-19-11-8-16(23)12-18(19)24/h2-12H,1H3,(H2,25,26,29). The third-order valence-corrected chi connectivity index (χ3v) is 4.41. The number of carbonyl (C=O) groups is 1. The minimum Gasteiger partial charge on any atom is -0.308 e. The van der Waals surface area contributed by atoms with E-state index in [4.69, 9.17) is 4.63 Å². The van der Waals surface area contributed by atoms with E-state index in [1.165, 1.54) is 0 Å². The molecule has 0 atom stereocenters. The lowest BCUT2D eigenvalue weighted by atomic mass is 10.0. The Kier molecular flexibility index (Phi) is 5.21. The Hall–Kier alpha value is -4.07. The Bertz CT molecular complexity index is 1190. The second kappa shape index (κ2) is 8.12. The number of hydrogen-bond donors (Lipinski definition) is 2. The van der Waals surface area contributed by atoms with Crippen LogP contribution >= 0.6 is 0 Å². The van der Waals surface area contributed by atoms with Gasteiger partial charge in [0.05, 0.1) is 5.69 Å². The SMILES string of the molecule is Cc1ccc(-c2nonc2-c2ccc(NC(=O)Nc3ccc(F)cc3F)cc2)cc1. The molecule has 0 radical (unpaired) electrons. The maximum absolute atomic E-state index is 13.7. The average molecular weight is 406 g/mol. The summed E-state index contributed by atoms with van der Waals surface area (Å²) in [6.07, 6.45) is 0. The van der Waals surface area contributed by atoms with Gasteiger partial charge in [-0.15, -0.1) is 0 Å². The Labute approximate surface area is 170 Å². The Balaban J connectivity index is 1.48. The molecule has 1 aromatic heterocycles. The van der Waals surface area contributed by atoms with Crippen LogP contribution in [0.1, 0.15) is 5.56 Å². The second-order valence-electron chi connectivity index (χ2n) is 6.61. The quantitative estimate of drug-likeness (QED) is 0.460. The van der Waals surface area contributed by atoms with Gasteiger partial charge in [0, 0.05) is 22.9 Å². The van der Waals surface area contributed by atoms with Gasteiger partial charge in [0.1, 0.15) is 23.0 Å². The number of anilines is 2. The van der Waals surface area contributed by atoms with E-state index in [0.717, 1.165) is 28.8 Å². The van der Waals surface area contributed by atoms with Crippen molar-refractivity contribution in [3.05, 3.63) is 83.9 Å². The number of aromatic nitrogens is 2. The Morgan fingerprint density at radius 1 is 0.833 bits per heavy atom. The van der Waals surface area contributed by atoms with Gasteiger partial charge in [-0.1, -0.05) is 42.0 Å². The van der Waals surface area contributed by atoms with E-state index in [1.807, 2.05) is 31.2 Å². The van der Waals surface area contributed by atoms with E-state index in [1.54, 1.807) is 24.3 Å². The molecule has 30 heavy (non-hydrogen) atoms. The predicted molar refractivity (Wildman–Crippen MR) is 109 cm³/mol. The topological polar surface area (TPSA) is 80.1 Å². The number of halogens is 2. The van der Waals surface area contributed by atoms with E-state index in [0.29, 0.717) is 23.1 Å². The molecule has 0 aliphatic carbocycles. The van der Waals surface area contributed by atoms with Crippen molar-refractivity contribution in [1.29, 1.82) is 0 Å². The summed E-state index contributed by atoms with van der Waals surface area (Å²) in [5.41, 5.74) is 4.30. The second-order valence-corrected chi connectivity index (χ2v) is 6.61. The van der Waals surface area contributed by atoms with Crippen LogP contribution in [0.4, 0.5) is 25.0 Å². The van der Waals surface area contributed by atoms with Crippen molar-refractivity contribution >= 4 is 17.4 Å². The highest BCUT2D eigenvalue weighted by Crippen LogP contribution is 2.30. The molecule has 4 aromatic rings. The van der Waals surface area contributed by atoms with Crippen LogP contribution in [0.5, 0.6) is 0 Å². The molecule has 150 valence electrons. The number of urea groups is 1. The summed E-state index contributed by atoms with van der Waals surface area (Å²) in [6, 6.07) is 16.9. The fourth-order valence-electron chi connectivity index (χ4n) is 2.87. The van der Waals surface area contributed by atoms with Crippen LogP contribution in [-0.2, 0) is 0 Å². The third kappa shape index (κ3) is 4.17. The highest BCUT2D eigenvalue weighted by atomic mass is 19.1. The monoisotopic (exact) mass is 406 g/mol. The summed E-state index contributed by atoms with van der Waals surface area (Å²) in [7, 11) is 0. The average Bonchev–Trinajstić information content (AvgIpc) is 3.21. The largest absolute Gasteiger partial charge is 0.323 e. The number of amides is 2. The third-order valence-electron chi connectivity index (χ3n) is 4.41. The zero-order valence-corrected chi connectivity index (χ0v) is 15.8. The van der Waals surface area contributed by atoms with Gasteiger partial charge in [-0.25, -0.2) is 18.2 Å². The molecular formula is C22H16F2N4O2. The normalized spacial score (nSPS) is 10.6. The van der Waals surface area contributed by atoms with E-state index in [9.17, 15) is 13.6 Å². The molecular weight excluding hydrogens is 390 g/mol. The molecule has 0 saturated carbocycles. The first-order chi connectivity index (χ1) is 14.5. The summed E-state index contributed by atoms with van der Waals surface area (Å²) in [5, 5.41) is 12.9. The number of carbonyl (C=O) groups excluding carboxylic acids is 1. The molecule has 0 unspecified atom stereocenters. The molecule has 0 fully saturated rings. The van der Waals surface area contributed by atoms with Gasteiger partial charge in [-0.2, -0.15) is 0 Å². The molecule has 6 nitrogen and oxygen atoms in total.